The zero-order chi connectivity index (χ0) is 28.0. The molecule has 2 atom stereocenters. The number of alkyl halides is 3. The SMILES string of the molecule is CCCCCCCCC=CC=CC=C[C@@H](Sc1ccc2c(=O)cc(C(=O)O)oc2c1)[C@@H](O)CCC(F)(F)F. The van der Waals surface area contributed by atoms with Gasteiger partial charge < -0.3 is 14.6 Å². The van der Waals surface area contributed by atoms with Crippen molar-refractivity contribution in [2.24, 2.45) is 0 Å². The predicted octanol–water partition coefficient (Wildman–Crippen LogP) is 8.07. The van der Waals surface area contributed by atoms with Gasteiger partial charge in [0.25, 0.3) is 0 Å². The average Bonchev–Trinajstić information content (AvgIpc) is 2.86. The van der Waals surface area contributed by atoms with Gasteiger partial charge in [-0.2, -0.15) is 13.2 Å². The number of thioether (sulfide) groups is 1. The van der Waals surface area contributed by atoms with Crippen molar-refractivity contribution >= 4 is 28.7 Å². The summed E-state index contributed by atoms with van der Waals surface area (Å²) >= 11 is 1.10. The summed E-state index contributed by atoms with van der Waals surface area (Å²) in [5, 5.41) is 19.1. The Morgan fingerprint density at radius 1 is 1.05 bits per heavy atom. The smallest absolute Gasteiger partial charge is 0.389 e. The third-order valence-corrected chi connectivity index (χ3v) is 7.05. The van der Waals surface area contributed by atoms with Crippen molar-refractivity contribution in [3.8, 4) is 0 Å². The molecule has 0 saturated carbocycles. The van der Waals surface area contributed by atoms with Gasteiger partial charge in [-0.15, -0.1) is 11.8 Å². The molecular formula is C29H35F3O5S. The number of aromatic carboxylic acids is 1. The monoisotopic (exact) mass is 552 g/mol. The minimum absolute atomic E-state index is 0.0443. The van der Waals surface area contributed by atoms with E-state index in [-0.39, 0.29) is 11.0 Å². The van der Waals surface area contributed by atoms with Crippen LogP contribution >= 0.6 is 11.8 Å². The molecule has 2 rings (SSSR count). The normalized spacial score (nSPS) is 14.2. The quantitative estimate of drug-likeness (QED) is 0.124. The minimum Gasteiger partial charge on any atom is -0.475 e. The van der Waals surface area contributed by atoms with Crippen LogP contribution in [0.4, 0.5) is 13.2 Å². The van der Waals surface area contributed by atoms with E-state index in [0.29, 0.717) is 4.90 Å². The molecule has 0 fully saturated rings. The summed E-state index contributed by atoms with van der Waals surface area (Å²) in [4.78, 5) is 23.9. The van der Waals surface area contributed by atoms with Crippen molar-refractivity contribution in [1.82, 2.24) is 0 Å². The van der Waals surface area contributed by atoms with Gasteiger partial charge >= 0.3 is 12.1 Å². The Bertz CT molecular complexity index is 1170. The van der Waals surface area contributed by atoms with Gasteiger partial charge in [0.05, 0.1) is 16.7 Å². The molecule has 0 aliphatic carbocycles. The molecule has 1 heterocycles. The minimum atomic E-state index is -4.39. The lowest BCUT2D eigenvalue weighted by molar-refractivity contribution is -0.139. The Labute approximate surface area is 225 Å². The maximum absolute atomic E-state index is 12.7. The van der Waals surface area contributed by atoms with Crippen LogP contribution in [-0.2, 0) is 0 Å². The maximum Gasteiger partial charge on any atom is 0.389 e. The second kappa shape index (κ2) is 16.2. The standard InChI is InChI=1S/C29H35F3O5S/c1-2-3-4-5-6-7-8-9-10-11-12-13-14-27(23(33)17-18-29(30,31)32)38-21-15-16-22-24(34)20-26(28(35)36)37-25(22)19-21/h9-16,19-20,23,27,33H,2-8,17-18H2,1H3,(H,35,36)/t23-,27+/m0/s1. The van der Waals surface area contributed by atoms with E-state index < -0.39 is 47.5 Å². The number of benzene rings is 1. The molecule has 2 N–H and O–H groups in total. The van der Waals surface area contributed by atoms with E-state index in [1.165, 1.54) is 44.2 Å². The molecule has 2 aromatic rings. The summed E-state index contributed by atoms with van der Waals surface area (Å²) in [5.41, 5.74) is -0.473. The number of rotatable bonds is 16. The summed E-state index contributed by atoms with van der Waals surface area (Å²) in [7, 11) is 0. The van der Waals surface area contributed by atoms with Crippen LogP contribution in [0.1, 0.15) is 75.3 Å². The van der Waals surface area contributed by atoms with E-state index >= 15 is 0 Å². The fourth-order valence-corrected chi connectivity index (χ4v) is 4.81. The first-order chi connectivity index (χ1) is 18.1. The first kappa shape index (κ1) is 31.4. The molecular weight excluding hydrogens is 517 g/mol. The van der Waals surface area contributed by atoms with Crippen molar-refractivity contribution in [2.75, 3.05) is 0 Å². The Morgan fingerprint density at radius 2 is 1.76 bits per heavy atom. The Hall–Kier alpha value is -2.78. The molecule has 1 aromatic carbocycles. The van der Waals surface area contributed by atoms with E-state index in [9.17, 15) is 27.9 Å². The zero-order valence-corrected chi connectivity index (χ0v) is 22.3. The van der Waals surface area contributed by atoms with Crippen LogP contribution in [0.3, 0.4) is 0 Å². The predicted molar refractivity (Wildman–Crippen MR) is 146 cm³/mol. The number of carbonyl (C=O) groups is 1. The van der Waals surface area contributed by atoms with Crippen LogP contribution in [0.5, 0.6) is 0 Å². The highest BCUT2D eigenvalue weighted by atomic mass is 32.2. The van der Waals surface area contributed by atoms with Gasteiger partial charge in [-0.25, -0.2) is 4.79 Å². The molecule has 38 heavy (non-hydrogen) atoms. The number of hydrogen-bond donors (Lipinski definition) is 2. The molecule has 0 saturated heterocycles. The molecule has 0 bridgehead atoms. The Balaban J connectivity index is 2.07. The summed E-state index contributed by atoms with van der Waals surface area (Å²) in [6.07, 6.45) is 11.9. The van der Waals surface area contributed by atoms with Gasteiger partial charge in [-0.05, 0) is 37.5 Å². The number of aliphatic hydroxyl groups excluding tert-OH is 1. The largest absolute Gasteiger partial charge is 0.475 e. The van der Waals surface area contributed by atoms with Gasteiger partial charge in [0.1, 0.15) is 5.58 Å². The number of fused-ring (bicyclic) bond motifs is 1. The number of unbranched alkanes of at least 4 members (excludes halogenated alkanes) is 6. The van der Waals surface area contributed by atoms with Crippen molar-refractivity contribution in [2.45, 2.75) is 87.1 Å². The van der Waals surface area contributed by atoms with Gasteiger partial charge in [-0.3, -0.25) is 4.79 Å². The first-order valence-corrected chi connectivity index (χ1v) is 13.7. The van der Waals surface area contributed by atoms with Crippen LogP contribution < -0.4 is 5.43 Å². The molecule has 0 aliphatic rings. The molecule has 5 nitrogen and oxygen atoms in total. The van der Waals surface area contributed by atoms with E-state index in [1.807, 2.05) is 12.2 Å². The Morgan fingerprint density at radius 3 is 2.47 bits per heavy atom. The lowest BCUT2D eigenvalue weighted by Gasteiger charge is -2.20. The summed E-state index contributed by atoms with van der Waals surface area (Å²) < 4.78 is 43.5. The Kier molecular flexibility index (Phi) is 13.4. The van der Waals surface area contributed by atoms with E-state index in [0.717, 1.165) is 30.7 Å². The summed E-state index contributed by atoms with van der Waals surface area (Å²) in [6.45, 7) is 2.19. The van der Waals surface area contributed by atoms with Crippen LogP contribution in [0, 0.1) is 0 Å². The van der Waals surface area contributed by atoms with Crippen molar-refractivity contribution in [3.63, 3.8) is 0 Å². The molecule has 208 valence electrons. The molecule has 0 amide bonds. The third kappa shape index (κ3) is 11.7. The maximum atomic E-state index is 12.7. The highest BCUT2D eigenvalue weighted by molar-refractivity contribution is 8.00. The van der Waals surface area contributed by atoms with E-state index in [4.69, 9.17) is 9.52 Å². The van der Waals surface area contributed by atoms with Crippen LogP contribution in [0.25, 0.3) is 11.0 Å². The van der Waals surface area contributed by atoms with Crippen LogP contribution in [0.15, 0.2) is 74.8 Å². The molecule has 9 heteroatoms. The fourth-order valence-electron chi connectivity index (χ4n) is 3.71. The summed E-state index contributed by atoms with van der Waals surface area (Å²) in [5.74, 6) is -1.90. The zero-order valence-electron chi connectivity index (χ0n) is 21.5. The number of hydrogen-bond acceptors (Lipinski definition) is 5. The van der Waals surface area contributed by atoms with E-state index in [2.05, 4.69) is 13.0 Å². The lowest BCUT2D eigenvalue weighted by Crippen LogP contribution is -2.23. The summed E-state index contributed by atoms with van der Waals surface area (Å²) in [6, 6.07) is 5.39. The van der Waals surface area contributed by atoms with Crippen molar-refractivity contribution < 1.29 is 32.6 Å². The number of allylic oxidation sites excluding steroid dienone is 5. The average molecular weight is 553 g/mol. The molecule has 1 aromatic heterocycles. The van der Waals surface area contributed by atoms with Gasteiger partial charge in [0.2, 0.25) is 5.76 Å². The number of carboxylic acids is 1. The second-order valence-electron chi connectivity index (χ2n) is 9.00. The van der Waals surface area contributed by atoms with Gasteiger partial charge in [-0.1, -0.05) is 75.5 Å². The third-order valence-electron chi connectivity index (χ3n) is 5.78. The first-order valence-electron chi connectivity index (χ1n) is 12.8. The molecule has 0 spiro atoms. The topological polar surface area (TPSA) is 87.7 Å². The number of aliphatic hydroxyl groups is 1. The molecule has 0 radical (unpaired) electrons. The number of carboxylic acid groups (broad SMARTS) is 1. The van der Waals surface area contributed by atoms with Crippen LogP contribution in [-0.4, -0.2) is 33.7 Å². The highest BCUT2D eigenvalue weighted by Gasteiger charge is 2.30. The van der Waals surface area contributed by atoms with Gasteiger partial charge in [0.15, 0.2) is 5.43 Å². The van der Waals surface area contributed by atoms with E-state index in [1.54, 1.807) is 24.3 Å². The fraction of sp³-hybridized carbons (Fsp3) is 0.448. The lowest BCUT2D eigenvalue weighted by atomic mass is 10.1. The van der Waals surface area contributed by atoms with Crippen molar-refractivity contribution in [3.05, 3.63) is 76.7 Å². The van der Waals surface area contributed by atoms with Crippen LogP contribution in [0.2, 0.25) is 0 Å². The molecule has 0 unspecified atom stereocenters. The highest BCUT2D eigenvalue weighted by Crippen LogP contribution is 2.32. The van der Waals surface area contributed by atoms with Crippen molar-refractivity contribution in [1.29, 1.82) is 0 Å². The second-order valence-corrected chi connectivity index (χ2v) is 10.2. The molecule has 0 aliphatic heterocycles. The van der Waals surface area contributed by atoms with Gasteiger partial charge in [0, 0.05) is 17.4 Å². The number of halogens is 3.